The van der Waals surface area contributed by atoms with E-state index in [0.29, 0.717) is 15.8 Å². The Balaban J connectivity index is 1.89. The second-order valence-electron chi connectivity index (χ2n) is 5.78. The van der Waals surface area contributed by atoms with Gasteiger partial charge >= 0.3 is 0 Å². The Morgan fingerprint density at radius 1 is 1.29 bits per heavy atom. The van der Waals surface area contributed by atoms with Crippen molar-refractivity contribution in [2.24, 2.45) is 5.92 Å². The van der Waals surface area contributed by atoms with Crippen molar-refractivity contribution in [3.63, 3.8) is 0 Å². The molecule has 0 saturated heterocycles. The molecule has 1 N–H and O–H groups in total. The number of amides is 1. The molecule has 0 radical (unpaired) electrons. The average Bonchev–Trinajstić information content (AvgIpc) is 2.46. The van der Waals surface area contributed by atoms with Crippen LogP contribution in [0.2, 0.25) is 10.0 Å². The highest BCUT2D eigenvalue weighted by molar-refractivity contribution is 6.42. The van der Waals surface area contributed by atoms with Crippen LogP contribution < -0.4 is 10.1 Å². The normalized spacial score (nSPS) is 23.4. The van der Waals surface area contributed by atoms with Crippen molar-refractivity contribution in [2.45, 2.75) is 51.7 Å². The molecule has 3 nitrogen and oxygen atoms in total. The molecule has 0 bridgehead atoms. The number of nitrogens with one attached hydrogen (secondary N) is 1. The first-order chi connectivity index (χ1) is 9.97. The van der Waals surface area contributed by atoms with Crippen LogP contribution in [0.3, 0.4) is 0 Å². The van der Waals surface area contributed by atoms with Gasteiger partial charge in [0, 0.05) is 6.04 Å². The molecule has 1 atom stereocenters. The zero-order valence-corrected chi connectivity index (χ0v) is 13.9. The lowest BCUT2D eigenvalue weighted by molar-refractivity contribution is -0.128. The van der Waals surface area contributed by atoms with Crippen molar-refractivity contribution in [3.8, 4) is 5.75 Å². The molecular formula is C16H21Cl2NO2. The Kier molecular flexibility index (Phi) is 5.77. The van der Waals surface area contributed by atoms with Crippen LogP contribution in [0.4, 0.5) is 0 Å². The van der Waals surface area contributed by atoms with Crippen LogP contribution in [0.15, 0.2) is 18.2 Å². The summed E-state index contributed by atoms with van der Waals surface area (Å²) < 4.78 is 5.62. The molecule has 21 heavy (non-hydrogen) atoms. The predicted molar refractivity (Wildman–Crippen MR) is 86.1 cm³/mol. The molecule has 1 amide bonds. The standard InChI is InChI=1S/C16H21Cl2NO2/c1-10-6-8-12(9-7-10)19-16(20)11(2)21-14-5-3-4-13(17)15(14)18/h3-5,10-12H,6-9H2,1-2H3,(H,19,20). The lowest BCUT2D eigenvalue weighted by Crippen LogP contribution is -2.43. The summed E-state index contributed by atoms with van der Waals surface area (Å²) in [6.45, 7) is 3.98. The van der Waals surface area contributed by atoms with Gasteiger partial charge in [-0.25, -0.2) is 0 Å². The molecule has 0 heterocycles. The maximum atomic E-state index is 12.2. The summed E-state index contributed by atoms with van der Waals surface area (Å²) in [6.07, 6.45) is 3.82. The van der Waals surface area contributed by atoms with Gasteiger partial charge in [0.05, 0.1) is 5.02 Å². The maximum absolute atomic E-state index is 12.2. The summed E-state index contributed by atoms with van der Waals surface area (Å²) >= 11 is 12.0. The minimum atomic E-state index is -0.597. The lowest BCUT2D eigenvalue weighted by Gasteiger charge is -2.28. The van der Waals surface area contributed by atoms with Gasteiger partial charge < -0.3 is 10.1 Å². The smallest absolute Gasteiger partial charge is 0.260 e. The van der Waals surface area contributed by atoms with Crippen molar-refractivity contribution in [2.75, 3.05) is 0 Å². The SMILES string of the molecule is CC1CCC(NC(=O)C(C)Oc2cccc(Cl)c2Cl)CC1. The van der Waals surface area contributed by atoms with Gasteiger partial charge in [0.1, 0.15) is 10.8 Å². The van der Waals surface area contributed by atoms with E-state index in [2.05, 4.69) is 12.2 Å². The summed E-state index contributed by atoms with van der Waals surface area (Å²) in [5.74, 6) is 1.09. The first kappa shape index (κ1) is 16.4. The van der Waals surface area contributed by atoms with Gasteiger partial charge in [0.15, 0.2) is 6.10 Å². The highest BCUT2D eigenvalue weighted by Crippen LogP contribution is 2.32. The number of hydrogen-bond donors (Lipinski definition) is 1. The first-order valence-corrected chi connectivity index (χ1v) is 8.14. The van der Waals surface area contributed by atoms with E-state index in [-0.39, 0.29) is 11.9 Å². The summed E-state index contributed by atoms with van der Waals surface area (Å²) in [5.41, 5.74) is 0. The Morgan fingerprint density at radius 2 is 1.95 bits per heavy atom. The van der Waals surface area contributed by atoms with Gasteiger partial charge in [-0.1, -0.05) is 36.2 Å². The van der Waals surface area contributed by atoms with E-state index >= 15 is 0 Å². The Hall–Kier alpha value is -0.930. The van der Waals surface area contributed by atoms with Crippen LogP contribution in [0, 0.1) is 5.92 Å². The monoisotopic (exact) mass is 329 g/mol. The molecule has 0 spiro atoms. The molecule has 1 saturated carbocycles. The Labute approximate surface area is 136 Å². The fourth-order valence-corrected chi connectivity index (χ4v) is 2.88. The predicted octanol–water partition coefficient (Wildman–Crippen LogP) is 4.46. The average molecular weight is 330 g/mol. The number of ether oxygens (including phenoxy) is 1. The maximum Gasteiger partial charge on any atom is 0.260 e. The zero-order valence-electron chi connectivity index (χ0n) is 12.4. The van der Waals surface area contributed by atoms with Crippen LogP contribution >= 0.6 is 23.2 Å². The number of benzene rings is 1. The molecule has 1 aliphatic carbocycles. The topological polar surface area (TPSA) is 38.3 Å². The van der Waals surface area contributed by atoms with E-state index in [1.54, 1.807) is 25.1 Å². The number of carbonyl (C=O) groups is 1. The minimum absolute atomic E-state index is 0.106. The molecule has 5 heteroatoms. The molecule has 1 aromatic carbocycles. The van der Waals surface area contributed by atoms with Crippen LogP contribution in [0.25, 0.3) is 0 Å². The van der Waals surface area contributed by atoms with E-state index in [0.717, 1.165) is 18.8 Å². The van der Waals surface area contributed by atoms with E-state index in [9.17, 15) is 4.79 Å². The van der Waals surface area contributed by atoms with Crippen molar-refractivity contribution in [3.05, 3.63) is 28.2 Å². The Bertz CT molecular complexity index is 499. The highest BCUT2D eigenvalue weighted by atomic mass is 35.5. The fourth-order valence-electron chi connectivity index (χ4n) is 2.54. The van der Waals surface area contributed by atoms with Gasteiger partial charge in [-0.05, 0) is 50.7 Å². The third kappa shape index (κ3) is 4.52. The third-order valence-corrected chi connectivity index (χ3v) is 4.75. The van der Waals surface area contributed by atoms with Gasteiger partial charge in [0.25, 0.3) is 5.91 Å². The summed E-state index contributed by atoms with van der Waals surface area (Å²) in [4.78, 5) is 12.2. The van der Waals surface area contributed by atoms with Crippen molar-refractivity contribution >= 4 is 29.1 Å². The fraction of sp³-hybridized carbons (Fsp3) is 0.562. The van der Waals surface area contributed by atoms with E-state index in [1.165, 1.54) is 12.8 Å². The second-order valence-corrected chi connectivity index (χ2v) is 6.56. The van der Waals surface area contributed by atoms with Crippen molar-refractivity contribution in [1.29, 1.82) is 0 Å². The van der Waals surface area contributed by atoms with Crippen LogP contribution in [-0.4, -0.2) is 18.1 Å². The van der Waals surface area contributed by atoms with Crippen LogP contribution in [0.5, 0.6) is 5.75 Å². The first-order valence-electron chi connectivity index (χ1n) is 7.38. The molecule has 0 aliphatic heterocycles. The molecule has 116 valence electrons. The number of rotatable bonds is 4. The third-order valence-electron chi connectivity index (χ3n) is 3.95. The molecule has 0 aromatic heterocycles. The zero-order chi connectivity index (χ0) is 15.4. The van der Waals surface area contributed by atoms with Crippen molar-refractivity contribution < 1.29 is 9.53 Å². The minimum Gasteiger partial charge on any atom is -0.479 e. The largest absolute Gasteiger partial charge is 0.479 e. The van der Waals surface area contributed by atoms with E-state index in [1.807, 2.05) is 0 Å². The number of carbonyl (C=O) groups excluding carboxylic acids is 1. The number of halogens is 2. The van der Waals surface area contributed by atoms with Gasteiger partial charge in [-0.15, -0.1) is 0 Å². The van der Waals surface area contributed by atoms with Gasteiger partial charge in [-0.2, -0.15) is 0 Å². The van der Waals surface area contributed by atoms with Crippen LogP contribution in [-0.2, 0) is 4.79 Å². The molecule has 2 rings (SSSR count). The summed E-state index contributed by atoms with van der Waals surface area (Å²) in [7, 11) is 0. The summed E-state index contributed by atoms with van der Waals surface area (Å²) in [6, 6.07) is 5.40. The Morgan fingerprint density at radius 3 is 2.62 bits per heavy atom. The molecule has 1 aliphatic rings. The number of hydrogen-bond acceptors (Lipinski definition) is 2. The molecule has 1 aromatic rings. The quantitative estimate of drug-likeness (QED) is 0.885. The van der Waals surface area contributed by atoms with Crippen molar-refractivity contribution in [1.82, 2.24) is 5.32 Å². The molecule has 1 fully saturated rings. The molecule has 1 unspecified atom stereocenters. The highest BCUT2D eigenvalue weighted by Gasteiger charge is 2.23. The van der Waals surface area contributed by atoms with E-state index in [4.69, 9.17) is 27.9 Å². The van der Waals surface area contributed by atoms with Gasteiger partial charge in [0.2, 0.25) is 0 Å². The van der Waals surface area contributed by atoms with E-state index < -0.39 is 6.10 Å². The van der Waals surface area contributed by atoms with Gasteiger partial charge in [-0.3, -0.25) is 4.79 Å². The molecular weight excluding hydrogens is 309 g/mol. The van der Waals surface area contributed by atoms with Crippen LogP contribution in [0.1, 0.15) is 39.5 Å². The second kappa shape index (κ2) is 7.37. The summed E-state index contributed by atoms with van der Waals surface area (Å²) in [5, 5.41) is 3.81. The lowest BCUT2D eigenvalue weighted by atomic mass is 9.87.